The van der Waals surface area contributed by atoms with Crippen LogP contribution in [0.25, 0.3) is 0 Å². The van der Waals surface area contributed by atoms with Gasteiger partial charge < -0.3 is 11.1 Å². The minimum absolute atomic E-state index is 0.177. The first kappa shape index (κ1) is 16.8. The van der Waals surface area contributed by atoms with Crippen molar-refractivity contribution in [1.29, 1.82) is 0 Å². The quantitative estimate of drug-likeness (QED) is 0.728. The number of nitrogens with two attached hydrogens (primary N) is 1. The van der Waals surface area contributed by atoms with Gasteiger partial charge in [0.05, 0.1) is 16.3 Å². The van der Waals surface area contributed by atoms with Crippen molar-refractivity contribution in [2.24, 2.45) is 11.3 Å². The molecule has 0 aliphatic heterocycles. The van der Waals surface area contributed by atoms with Crippen LogP contribution in [-0.2, 0) is 10.0 Å². The summed E-state index contributed by atoms with van der Waals surface area (Å²) in [5.74, 6) is 0.423. The maximum atomic E-state index is 11.8. The van der Waals surface area contributed by atoms with Gasteiger partial charge in [-0.1, -0.05) is 27.7 Å². The van der Waals surface area contributed by atoms with Crippen molar-refractivity contribution in [1.82, 2.24) is 4.72 Å². The molecular weight excluding hydrogens is 274 g/mol. The molecule has 0 aliphatic rings. The highest BCUT2D eigenvalue weighted by molar-refractivity contribution is 7.89. The second kappa shape index (κ2) is 6.01. The molecule has 6 heteroatoms. The van der Waals surface area contributed by atoms with Crippen molar-refractivity contribution >= 4 is 21.4 Å². The molecule has 1 unspecified atom stereocenters. The van der Waals surface area contributed by atoms with Gasteiger partial charge in [0.2, 0.25) is 10.0 Å². The highest BCUT2D eigenvalue weighted by Gasteiger charge is 2.20. The first-order chi connectivity index (χ1) is 9.08. The molecule has 0 spiro atoms. The molecule has 0 radical (unpaired) electrons. The predicted molar refractivity (Wildman–Crippen MR) is 84.2 cm³/mol. The zero-order valence-corrected chi connectivity index (χ0v) is 13.6. The second-order valence-electron chi connectivity index (χ2n) is 6.10. The van der Waals surface area contributed by atoms with Crippen LogP contribution in [0, 0.1) is 11.3 Å². The van der Waals surface area contributed by atoms with Crippen molar-refractivity contribution in [2.75, 3.05) is 24.6 Å². The van der Waals surface area contributed by atoms with Gasteiger partial charge in [-0.25, -0.2) is 13.1 Å². The van der Waals surface area contributed by atoms with Gasteiger partial charge in [0, 0.05) is 6.54 Å². The Hall–Kier alpha value is -1.27. The number of sulfonamides is 1. The summed E-state index contributed by atoms with van der Waals surface area (Å²) in [5.41, 5.74) is 7.26. The number of nitrogen functional groups attached to an aromatic ring is 1. The summed E-state index contributed by atoms with van der Waals surface area (Å²) < 4.78 is 25.9. The van der Waals surface area contributed by atoms with E-state index in [4.69, 9.17) is 5.73 Å². The summed E-state index contributed by atoms with van der Waals surface area (Å²) in [6.45, 7) is 9.40. The van der Waals surface area contributed by atoms with Gasteiger partial charge in [-0.2, -0.15) is 0 Å². The van der Waals surface area contributed by atoms with Crippen LogP contribution in [0.15, 0.2) is 23.1 Å². The SMILES string of the molecule is CNS(=O)(=O)c1ccc(N)c(NCC(C)C(C)(C)C)c1. The lowest BCUT2D eigenvalue weighted by Gasteiger charge is -2.28. The number of hydrogen-bond acceptors (Lipinski definition) is 4. The average Bonchev–Trinajstić information content (AvgIpc) is 2.36. The van der Waals surface area contributed by atoms with Gasteiger partial charge in [0.25, 0.3) is 0 Å². The second-order valence-corrected chi connectivity index (χ2v) is 7.99. The number of anilines is 2. The minimum atomic E-state index is -3.45. The molecule has 20 heavy (non-hydrogen) atoms. The molecule has 0 fully saturated rings. The molecule has 114 valence electrons. The molecule has 1 aromatic carbocycles. The Balaban J connectivity index is 2.94. The Morgan fingerprint density at radius 1 is 1.30 bits per heavy atom. The van der Waals surface area contributed by atoms with Gasteiger partial charge in [-0.05, 0) is 36.6 Å². The van der Waals surface area contributed by atoms with Crippen LogP contribution in [-0.4, -0.2) is 22.0 Å². The van der Waals surface area contributed by atoms with Crippen LogP contribution in [0.4, 0.5) is 11.4 Å². The molecular formula is C14H25N3O2S. The third kappa shape index (κ3) is 4.11. The van der Waals surface area contributed by atoms with E-state index in [0.29, 0.717) is 17.3 Å². The Bertz CT molecular complexity index is 562. The van der Waals surface area contributed by atoms with Crippen molar-refractivity contribution in [3.05, 3.63) is 18.2 Å². The molecule has 0 saturated carbocycles. The molecule has 5 nitrogen and oxygen atoms in total. The van der Waals surface area contributed by atoms with Crippen LogP contribution >= 0.6 is 0 Å². The fraction of sp³-hybridized carbons (Fsp3) is 0.571. The summed E-state index contributed by atoms with van der Waals surface area (Å²) in [6, 6.07) is 4.67. The van der Waals surface area contributed by atoms with Crippen LogP contribution in [0.1, 0.15) is 27.7 Å². The molecule has 1 aromatic rings. The summed E-state index contributed by atoms with van der Waals surface area (Å²) in [7, 11) is -2.06. The number of benzene rings is 1. The van der Waals surface area contributed by atoms with Gasteiger partial charge in [0.1, 0.15) is 0 Å². The third-order valence-corrected chi connectivity index (χ3v) is 5.09. The molecule has 1 rings (SSSR count). The van der Waals surface area contributed by atoms with Crippen LogP contribution in [0.3, 0.4) is 0 Å². The predicted octanol–water partition coefficient (Wildman–Crippen LogP) is 2.27. The molecule has 1 atom stereocenters. The van der Waals surface area contributed by atoms with Crippen LogP contribution in [0.2, 0.25) is 0 Å². The fourth-order valence-electron chi connectivity index (χ4n) is 1.54. The average molecular weight is 299 g/mol. The maximum Gasteiger partial charge on any atom is 0.240 e. The van der Waals surface area contributed by atoms with Crippen molar-refractivity contribution < 1.29 is 8.42 Å². The van der Waals surface area contributed by atoms with E-state index < -0.39 is 10.0 Å². The van der Waals surface area contributed by atoms with Crippen LogP contribution in [0.5, 0.6) is 0 Å². The van der Waals surface area contributed by atoms with Gasteiger partial charge >= 0.3 is 0 Å². The lowest BCUT2D eigenvalue weighted by Crippen LogP contribution is -2.25. The molecule has 0 saturated heterocycles. The Morgan fingerprint density at radius 2 is 1.90 bits per heavy atom. The fourth-order valence-corrected chi connectivity index (χ4v) is 2.30. The Morgan fingerprint density at radius 3 is 2.40 bits per heavy atom. The Labute approximate surface area is 122 Å². The highest BCUT2D eigenvalue weighted by atomic mass is 32.2. The van der Waals surface area contributed by atoms with E-state index in [-0.39, 0.29) is 10.3 Å². The summed E-state index contributed by atoms with van der Waals surface area (Å²) in [4.78, 5) is 0.208. The highest BCUT2D eigenvalue weighted by Crippen LogP contribution is 2.27. The van der Waals surface area contributed by atoms with Crippen LogP contribution < -0.4 is 15.8 Å². The van der Waals surface area contributed by atoms with E-state index in [9.17, 15) is 8.42 Å². The first-order valence-electron chi connectivity index (χ1n) is 6.65. The molecule has 0 aliphatic carbocycles. The first-order valence-corrected chi connectivity index (χ1v) is 8.13. The molecule has 4 N–H and O–H groups in total. The van der Waals surface area contributed by atoms with E-state index in [1.165, 1.54) is 13.1 Å². The zero-order chi connectivity index (χ0) is 15.6. The van der Waals surface area contributed by atoms with E-state index in [2.05, 4.69) is 37.7 Å². The van der Waals surface area contributed by atoms with E-state index >= 15 is 0 Å². The normalized spacial score (nSPS) is 14.1. The zero-order valence-electron chi connectivity index (χ0n) is 12.8. The van der Waals surface area contributed by atoms with Gasteiger partial charge in [-0.3, -0.25) is 0 Å². The lowest BCUT2D eigenvalue weighted by molar-refractivity contribution is 0.274. The largest absolute Gasteiger partial charge is 0.397 e. The van der Waals surface area contributed by atoms with Gasteiger partial charge in [-0.15, -0.1) is 0 Å². The van der Waals surface area contributed by atoms with Gasteiger partial charge in [0.15, 0.2) is 0 Å². The van der Waals surface area contributed by atoms with E-state index in [0.717, 1.165) is 6.54 Å². The minimum Gasteiger partial charge on any atom is -0.397 e. The summed E-state index contributed by atoms with van der Waals surface area (Å²) in [5, 5.41) is 3.24. The van der Waals surface area contributed by atoms with Crippen molar-refractivity contribution in [3.8, 4) is 0 Å². The molecule has 0 amide bonds. The maximum absolute atomic E-state index is 11.8. The number of rotatable bonds is 5. The van der Waals surface area contributed by atoms with E-state index in [1.54, 1.807) is 12.1 Å². The third-order valence-electron chi connectivity index (χ3n) is 3.68. The molecule has 0 aromatic heterocycles. The topological polar surface area (TPSA) is 84.2 Å². The smallest absolute Gasteiger partial charge is 0.240 e. The lowest BCUT2D eigenvalue weighted by atomic mass is 9.82. The monoisotopic (exact) mass is 299 g/mol. The molecule has 0 bridgehead atoms. The van der Waals surface area contributed by atoms with Crippen molar-refractivity contribution in [2.45, 2.75) is 32.6 Å². The summed E-state index contributed by atoms with van der Waals surface area (Å²) in [6.07, 6.45) is 0. The summed E-state index contributed by atoms with van der Waals surface area (Å²) >= 11 is 0. The Kier molecular flexibility index (Phi) is 5.05. The number of hydrogen-bond donors (Lipinski definition) is 3. The standard InChI is InChI=1S/C14H25N3O2S/c1-10(14(2,3)4)9-17-13-8-11(6-7-12(13)15)20(18,19)16-5/h6-8,10,16-17H,9,15H2,1-5H3. The molecule has 0 heterocycles. The number of nitrogens with one attached hydrogen (secondary N) is 2. The van der Waals surface area contributed by atoms with E-state index in [1.807, 2.05) is 0 Å². The van der Waals surface area contributed by atoms with Crippen molar-refractivity contribution in [3.63, 3.8) is 0 Å².